The van der Waals surface area contributed by atoms with Gasteiger partial charge in [0, 0.05) is 23.5 Å². The lowest BCUT2D eigenvalue weighted by Gasteiger charge is -2.12. The van der Waals surface area contributed by atoms with E-state index in [2.05, 4.69) is 15.3 Å². The number of aromatic nitrogens is 3. The van der Waals surface area contributed by atoms with Gasteiger partial charge in [-0.3, -0.25) is 14.2 Å². The Labute approximate surface area is 141 Å². The first-order valence-electron chi connectivity index (χ1n) is 7.60. The summed E-state index contributed by atoms with van der Waals surface area (Å²) in [6.07, 6.45) is 3.12. The number of rotatable bonds is 3. The molecule has 0 radical (unpaired) electrons. The highest BCUT2D eigenvalue weighted by Crippen LogP contribution is 2.22. The summed E-state index contributed by atoms with van der Waals surface area (Å²) in [5.41, 5.74) is 0.928. The van der Waals surface area contributed by atoms with Crippen LogP contribution in [0.2, 0.25) is 0 Å². The number of aliphatic hydroxyl groups excluding tert-OH is 1. The van der Waals surface area contributed by atoms with Crippen molar-refractivity contribution in [3.63, 3.8) is 0 Å². The van der Waals surface area contributed by atoms with Gasteiger partial charge in [-0.15, -0.1) is 0 Å². The first kappa shape index (κ1) is 15.2. The van der Waals surface area contributed by atoms with E-state index >= 15 is 0 Å². The second-order valence-electron chi connectivity index (χ2n) is 5.49. The van der Waals surface area contributed by atoms with Gasteiger partial charge in [0.25, 0.3) is 5.56 Å². The number of aliphatic hydroxyl groups is 1. The van der Waals surface area contributed by atoms with Gasteiger partial charge in [-0.25, -0.2) is 9.37 Å². The lowest BCUT2D eigenvalue weighted by atomic mass is 10.2. The van der Waals surface area contributed by atoms with E-state index in [1.807, 2.05) is 24.3 Å². The van der Waals surface area contributed by atoms with Crippen molar-refractivity contribution >= 4 is 28.1 Å². The van der Waals surface area contributed by atoms with Crippen LogP contribution in [0.3, 0.4) is 0 Å². The number of halogens is 1. The van der Waals surface area contributed by atoms with Crippen LogP contribution in [0.5, 0.6) is 0 Å². The second-order valence-corrected chi connectivity index (χ2v) is 5.49. The van der Waals surface area contributed by atoms with Crippen LogP contribution in [0.25, 0.3) is 16.6 Å². The quantitative estimate of drug-likeness (QED) is 0.601. The minimum absolute atomic E-state index is 0.0642. The van der Waals surface area contributed by atoms with E-state index in [4.69, 9.17) is 0 Å². The first-order valence-corrected chi connectivity index (χ1v) is 7.60. The van der Waals surface area contributed by atoms with Crippen molar-refractivity contribution in [3.05, 3.63) is 76.6 Å². The number of nitrogens with zero attached hydrogens (tertiary/aromatic N) is 3. The molecule has 3 aromatic heterocycles. The second kappa shape index (κ2) is 5.95. The Bertz CT molecular complexity index is 1160. The van der Waals surface area contributed by atoms with Gasteiger partial charge in [-0.2, -0.15) is 0 Å². The molecule has 3 heterocycles. The van der Waals surface area contributed by atoms with Gasteiger partial charge in [-0.05, 0) is 36.4 Å². The Balaban J connectivity index is 1.87. The molecule has 0 amide bonds. The maximum absolute atomic E-state index is 14.0. The average Bonchev–Trinajstić information content (AvgIpc) is 2.63. The van der Waals surface area contributed by atoms with Gasteiger partial charge in [0.05, 0.1) is 17.7 Å². The highest BCUT2D eigenvalue weighted by atomic mass is 19.1. The van der Waals surface area contributed by atoms with Crippen molar-refractivity contribution in [3.8, 4) is 0 Å². The summed E-state index contributed by atoms with van der Waals surface area (Å²) in [6, 6.07) is 11.8. The van der Waals surface area contributed by atoms with Crippen LogP contribution < -0.4 is 10.9 Å². The maximum Gasteiger partial charge on any atom is 0.265 e. The molecule has 4 rings (SSSR count). The van der Waals surface area contributed by atoms with Crippen molar-refractivity contribution in [2.45, 2.75) is 6.61 Å². The molecule has 124 valence electrons. The van der Waals surface area contributed by atoms with Crippen molar-refractivity contribution in [1.82, 2.24) is 14.4 Å². The summed E-state index contributed by atoms with van der Waals surface area (Å²) in [5, 5.41) is 13.5. The number of anilines is 2. The Morgan fingerprint density at radius 2 is 2.08 bits per heavy atom. The van der Waals surface area contributed by atoms with Gasteiger partial charge >= 0.3 is 0 Å². The maximum atomic E-state index is 14.0. The molecule has 6 nitrogen and oxygen atoms in total. The number of fused-ring (bicyclic) bond motifs is 2. The molecule has 0 aliphatic heterocycles. The molecule has 2 N–H and O–H groups in total. The molecule has 0 saturated carbocycles. The third-order valence-corrected chi connectivity index (χ3v) is 3.92. The molecule has 0 spiro atoms. The van der Waals surface area contributed by atoms with Crippen LogP contribution in [-0.4, -0.2) is 19.5 Å². The van der Waals surface area contributed by atoms with E-state index in [0.29, 0.717) is 5.69 Å². The van der Waals surface area contributed by atoms with Crippen LogP contribution in [0.1, 0.15) is 5.56 Å². The highest BCUT2D eigenvalue weighted by Gasteiger charge is 2.14. The van der Waals surface area contributed by atoms with E-state index in [1.165, 1.54) is 18.3 Å². The summed E-state index contributed by atoms with van der Waals surface area (Å²) in [6.45, 7) is -0.511. The zero-order valence-corrected chi connectivity index (χ0v) is 13.0. The SMILES string of the molecule is O=c1c(CO)c(Nc2ccc3ncccc3c2)nc2c(F)cccn12. The van der Waals surface area contributed by atoms with E-state index in [0.717, 1.165) is 15.3 Å². The van der Waals surface area contributed by atoms with Crippen LogP contribution in [0, 0.1) is 5.82 Å². The molecule has 0 aliphatic rings. The number of hydrogen-bond acceptors (Lipinski definition) is 5. The summed E-state index contributed by atoms with van der Waals surface area (Å²) in [4.78, 5) is 20.9. The molecule has 0 aliphatic carbocycles. The Hall–Kier alpha value is -3.32. The molecule has 0 atom stereocenters. The molecule has 0 unspecified atom stereocenters. The van der Waals surface area contributed by atoms with Gasteiger partial charge < -0.3 is 10.4 Å². The Kier molecular flexibility index (Phi) is 3.62. The average molecular weight is 336 g/mol. The van der Waals surface area contributed by atoms with E-state index < -0.39 is 18.0 Å². The third-order valence-electron chi connectivity index (χ3n) is 3.92. The summed E-state index contributed by atoms with van der Waals surface area (Å²) in [5.74, 6) is -0.490. The Morgan fingerprint density at radius 1 is 1.20 bits per heavy atom. The fourth-order valence-corrected chi connectivity index (χ4v) is 2.70. The van der Waals surface area contributed by atoms with E-state index in [-0.39, 0.29) is 17.0 Å². The molecule has 0 bridgehead atoms. The smallest absolute Gasteiger partial charge is 0.265 e. The minimum atomic E-state index is -0.616. The third kappa shape index (κ3) is 2.60. The highest BCUT2D eigenvalue weighted by molar-refractivity contribution is 5.83. The summed E-state index contributed by atoms with van der Waals surface area (Å²) >= 11 is 0. The zero-order chi connectivity index (χ0) is 17.4. The molecule has 25 heavy (non-hydrogen) atoms. The molecular formula is C18H13FN4O2. The molecule has 0 fully saturated rings. The van der Waals surface area contributed by atoms with E-state index in [9.17, 15) is 14.3 Å². The lowest BCUT2D eigenvalue weighted by Crippen LogP contribution is -2.22. The summed E-state index contributed by atoms with van der Waals surface area (Å²) < 4.78 is 15.1. The van der Waals surface area contributed by atoms with Gasteiger partial charge in [0.15, 0.2) is 11.5 Å². The topological polar surface area (TPSA) is 79.5 Å². The van der Waals surface area contributed by atoms with Crippen LogP contribution in [0.4, 0.5) is 15.9 Å². The number of hydrogen-bond donors (Lipinski definition) is 2. The predicted octanol–water partition coefficient (Wildman–Crippen LogP) is 2.62. The van der Waals surface area contributed by atoms with Gasteiger partial charge in [0.2, 0.25) is 0 Å². The molecular weight excluding hydrogens is 323 g/mol. The fourth-order valence-electron chi connectivity index (χ4n) is 2.70. The first-order chi connectivity index (χ1) is 12.2. The predicted molar refractivity (Wildman–Crippen MR) is 92.4 cm³/mol. The van der Waals surface area contributed by atoms with Crippen LogP contribution >= 0.6 is 0 Å². The molecule has 4 aromatic rings. The summed E-state index contributed by atoms with van der Waals surface area (Å²) in [7, 11) is 0. The van der Waals surface area contributed by atoms with Gasteiger partial charge in [0.1, 0.15) is 5.82 Å². The largest absolute Gasteiger partial charge is 0.391 e. The molecule has 0 saturated heterocycles. The number of benzene rings is 1. The minimum Gasteiger partial charge on any atom is -0.391 e. The lowest BCUT2D eigenvalue weighted by molar-refractivity contribution is 0.280. The zero-order valence-electron chi connectivity index (χ0n) is 13.0. The van der Waals surface area contributed by atoms with E-state index in [1.54, 1.807) is 12.3 Å². The monoisotopic (exact) mass is 336 g/mol. The number of pyridine rings is 2. The van der Waals surface area contributed by atoms with Crippen molar-refractivity contribution in [1.29, 1.82) is 0 Å². The Morgan fingerprint density at radius 3 is 2.92 bits per heavy atom. The van der Waals surface area contributed by atoms with Gasteiger partial charge in [-0.1, -0.05) is 6.07 Å². The standard InChI is InChI=1S/C18H13FN4O2/c19-14-4-2-8-23-17(14)22-16(13(10-24)18(23)25)21-12-5-6-15-11(9-12)3-1-7-20-15/h1-9,21,24H,10H2. The van der Waals surface area contributed by atoms with Crippen LogP contribution in [0.15, 0.2) is 59.7 Å². The molecule has 1 aromatic carbocycles. The van der Waals surface area contributed by atoms with Crippen molar-refractivity contribution in [2.75, 3.05) is 5.32 Å². The van der Waals surface area contributed by atoms with Crippen molar-refractivity contribution < 1.29 is 9.50 Å². The normalized spacial score (nSPS) is 11.1. The molecule has 7 heteroatoms. The van der Waals surface area contributed by atoms with Crippen molar-refractivity contribution in [2.24, 2.45) is 0 Å². The fraction of sp³-hybridized carbons (Fsp3) is 0.0556. The number of nitrogens with one attached hydrogen (secondary N) is 1. The van der Waals surface area contributed by atoms with Crippen LogP contribution in [-0.2, 0) is 6.61 Å².